The molecule has 3 atom stereocenters. The van der Waals surface area contributed by atoms with Crippen molar-refractivity contribution in [2.75, 3.05) is 5.73 Å². The summed E-state index contributed by atoms with van der Waals surface area (Å²) in [6.07, 6.45) is 4.31. The van der Waals surface area contributed by atoms with Gasteiger partial charge in [-0.05, 0) is 24.3 Å². The number of nitrogens with one attached hydrogen (secondary N) is 1. The van der Waals surface area contributed by atoms with Crippen LogP contribution in [-0.2, 0) is 0 Å². The molecule has 0 saturated carbocycles. The maximum atomic E-state index is 14.0. The van der Waals surface area contributed by atoms with E-state index in [-0.39, 0.29) is 23.3 Å². The van der Waals surface area contributed by atoms with Gasteiger partial charge in [0.15, 0.2) is 5.82 Å². The van der Waals surface area contributed by atoms with Gasteiger partial charge in [0.2, 0.25) is 0 Å². The van der Waals surface area contributed by atoms with E-state index in [1.54, 1.807) is 12.3 Å². The molecular weight excluding hydrogens is 360 g/mol. The zero-order valence-electron chi connectivity index (χ0n) is 15.5. The predicted octanol–water partition coefficient (Wildman–Crippen LogP) is 4.69. The maximum absolute atomic E-state index is 14.0. The van der Waals surface area contributed by atoms with Gasteiger partial charge in [-0.1, -0.05) is 19.9 Å². The monoisotopic (exact) mass is 379 g/mol. The Morgan fingerprint density at radius 2 is 2.00 bits per heavy atom. The first kappa shape index (κ1) is 18.1. The second-order valence-electron chi connectivity index (χ2n) is 7.39. The summed E-state index contributed by atoms with van der Waals surface area (Å²) in [7, 11) is 0. The molecule has 0 radical (unpaired) electrons. The van der Waals surface area contributed by atoms with Gasteiger partial charge in [-0.3, -0.25) is 0 Å². The third-order valence-electron chi connectivity index (χ3n) is 5.44. The molecular formula is C21H19F2N5. The number of allylic oxidation sites excluding steroid dienone is 2. The average molecular weight is 379 g/mol. The molecule has 0 spiro atoms. The van der Waals surface area contributed by atoms with Crippen molar-refractivity contribution in [3.8, 4) is 17.5 Å². The van der Waals surface area contributed by atoms with Crippen LogP contribution < -0.4 is 5.73 Å². The van der Waals surface area contributed by atoms with E-state index in [1.165, 1.54) is 6.07 Å². The Morgan fingerprint density at radius 1 is 1.21 bits per heavy atom. The lowest BCUT2D eigenvalue weighted by molar-refractivity contribution is 0.412. The lowest BCUT2D eigenvalue weighted by Gasteiger charge is -2.29. The number of benzene rings is 1. The summed E-state index contributed by atoms with van der Waals surface area (Å²) in [4.78, 5) is 11.8. The molecule has 142 valence electrons. The van der Waals surface area contributed by atoms with Crippen molar-refractivity contribution in [2.24, 2.45) is 11.8 Å². The Morgan fingerprint density at radius 3 is 2.75 bits per heavy atom. The molecule has 3 aromatic rings. The largest absolute Gasteiger partial charge is 0.384 e. The van der Waals surface area contributed by atoms with Gasteiger partial charge in [-0.25, -0.2) is 18.7 Å². The van der Waals surface area contributed by atoms with Crippen LogP contribution in [0.1, 0.15) is 31.9 Å². The number of hydrogen-bond donors (Lipinski definition) is 2. The topological polar surface area (TPSA) is 91.4 Å². The van der Waals surface area contributed by atoms with Gasteiger partial charge in [0.05, 0.1) is 17.3 Å². The highest BCUT2D eigenvalue weighted by Gasteiger charge is 2.29. The fraction of sp³-hybridized carbons (Fsp3) is 0.286. The number of anilines is 1. The van der Waals surface area contributed by atoms with Gasteiger partial charge in [-0.2, -0.15) is 5.26 Å². The van der Waals surface area contributed by atoms with Gasteiger partial charge < -0.3 is 10.7 Å². The molecule has 3 N–H and O–H groups in total. The van der Waals surface area contributed by atoms with E-state index in [0.717, 1.165) is 23.8 Å². The lowest BCUT2D eigenvalue weighted by Crippen LogP contribution is -2.20. The van der Waals surface area contributed by atoms with Crippen LogP contribution in [0, 0.1) is 34.8 Å². The number of fused-ring (bicyclic) bond motifs is 1. The quantitative estimate of drug-likeness (QED) is 0.675. The zero-order chi connectivity index (χ0) is 20.0. The third kappa shape index (κ3) is 3.01. The van der Waals surface area contributed by atoms with Crippen molar-refractivity contribution in [3.05, 3.63) is 53.4 Å². The van der Waals surface area contributed by atoms with E-state index in [9.17, 15) is 14.0 Å². The summed E-state index contributed by atoms with van der Waals surface area (Å²) >= 11 is 0. The molecule has 1 aromatic carbocycles. The number of hydrogen-bond acceptors (Lipinski definition) is 4. The Labute approximate surface area is 160 Å². The van der Waals surface area contributed by atoms with Gasteiger partial charge in [0.25, 0.3) is 0 Å². The van der Waals surface area contributed by atoms with E-state index in [4.69, 9.17) is 5.73 Å². The predicted molar refractivity (Wildman–Crippen MR) is 103 cm³/mol. The fourth-order valence-corrected chi connectivity index (χ4v) is 3.96. The lowest BCUT2D eigenvalue weighted by atomic mass is 9.75. The smallest absolute Gasteiger partial charge is 0.163 e. The standard InChI is InChI=1S/C21H19F2N5/c1-10-4-14(11(2)3-12(10)8-24)18-7-19(25)28-21(27-18)16-9-26-20-15(16)5-13(22)6-17(20)23/h3,5-7,9-11,14,26H,4H2,1-2H3,(H2,25,27,28). The van der Waals surface area contributed by atoms with E-state index in [2.05, 4.69) is 21.0 Å². The van der Waals surface area contributed by atoms with Gasteiger partial charge in [0, 0.05) is 40.8 Å². The first-order valence-corrected chi connectivity index (χ1v) is 9.10. The van der Waals surface area contributed by atoms with Crippen LogP contribution in [0.5, 0.6) is 0 Å². The van der Waals surface area contributed by atoms with Crippen molar-refractivity contribution in [3.63, 3.8) is 0 Å². The van der Waals surface area contributed by atoms with Crippen molar-refractivity contribution < 1.29 is 8.78 Å². The van der Waals surface area contributed by atoms with Gasteiger partial charge in [-0.15, -0.1) is 0 Å². The molecule has 0 saturated heterocycles. The first-order valence-electron chi connectivity index (χ1n) is 9.10. The number of nitrogens with two attached hydrogens (primary N) is 1. The van der Waals surface area contributed by atoms with Gasteiger partial charge in [0.1, 0.15) is 17.5 Å². The second-order valence-corrected chi connectivity index (χ2v) is 7.39. The minimum Gasteiger partial charge on any atom is -0.384 e. The van der Waals surface area contributed by atoms with Crippen LogP contribution in [-0.4, -0.2) is 15.0 Å². The maximum Gasteiger partial charge on any atom is 0.163 e. The highest BCUT2D eigenvalue weighted by atomic mass is 19.1. The van der Waals surface area contributed by atoms with E-state index in [1.807, 2.05) is 19.9 Å². The third-order valence-corrected chi connectivity index (χ3v) is 5.44. The molecule has 3 unspecified atom stereocenters. The number of halogens is 2. The fourth-order valence-electron chi connectivity index (χ4n) is 3.96. The van der Waals surface area contributed by atoms with Crippen LogP contribution in [0.3, 0.4) is 0 Å². The highest BCUT2D eigenvalue weighted by molar-refractivity contribution is 5.94. The average Bonchev–Trinajstić information content (AvgIpc) is 3.06. The molecule has 2 aromatic heterocycles. The highest BCUT2D eigenvalue weighted by Crippen LogP contribution is 2.40. The Balaban J connectivity index is 1.81. The van der Waals surface area contributed by atoms with Crippen LogP contribution in [0.25, 0.3) is 22.3 Å². The van der Waals surface area contributed by atoms with Crippen LogP contribution in [0.4, 0.5) is 14.6 Å². The molecule has 1 aliphatic carbocycles. The number of rotatable bonds is 2. The van der Waals surface area contributed by atoms with Gasteiger partial charge >= 0.3 is 0 Å². The number of aromatic amines is 1. The van der Waals surface area contributed by atoms with Crippen LogP contribution >= 0.6 is 0 Å². The SMILES string of the molecule is CC1CC(c2cc(N)nc(-c3c[nH]c4c(F)cc(F)cc34)n2)C(C)C=C1C#N. The van der Waals surface area contributed by atoms with E-state index in [0.29, 0.717) is 22.6 Å². The van der Waals surface area contributed by atoms with Crippen molar-refractivity contribution in [2.45, 2.75) is 26.2 Å². The molecule has 0 fully saturated rings. The first-order chi connectivity index (χ1) is 13.4. The minimum atomic E-state index is -0.672. The molecule has 0 bridgehead atoms. The molecule has 0 aliphatic heterocycles. The molecule has 4 rings (SSSR count). The molecule has 28 heavy (non-hydrogen) atoms. The number of nitriles is 1. The summed E-state index contributed by atoms with van der Waals surface area (Å²) in [5, 5.41) is 9.63. The number of nitrogen functional groups attached to an aromatic ring is 1. The van der Waals surface area contributed by atoms with Crippen molar-refractivity contribution >= 4 is 16.7 Å². The number of H-pyrrole nitrogens is 1. The van der Waals surface area contributed by atoms with Crippen LogP contribution in [0.15, 0.2) is 36.0 Å². The molecule has 1 aliphatic rings. The Kier molecular flexibility index (Phi) is 4.34. The van der Waals surface area contributed by atoms with Crippen molar-refractivity contribution in [1.29, 1.82) is 5.26 Å². The normalized spacial score (nSPS) is 22.1. The Hall–Kier alpha value is -3.27. The summed E-state index contributed by atoms with van der Waals surface area (Å²) in [6, 6.07) is 6.08. The van der Waals surface area contributed by atoms with Crippen molar-refractivity contribution in [1.82, 2.24) is 15.0 Å². The van der Waals surface area contributed by atoms with E-state index < -0.39 is 11.6 Å². The number of nitrogens with zero attached hydrogens (tertiary/aromatic N) is 3. The zero-order valence-corrected chi connectivity index (χ0v) is 15.5. The molecule has 7 heteroatoms. The molecule has 5 nitrogen and oxygen atoms in total. The second kappa shape index (κ2) is 6.71. The summed E-state index contributed by atoms with van der Waals surface area (Å²) in [6.45, 7) is 4.06. The van der Waals surface area contributed by atoms with E-state index >= 15 is 0 Å². The number of aromatic nitrogens is 3. The molecule has 0 amide bonds. The van der Waals surface area contributed by atoms with Crippen LogP contribution in [0.2, 0.25) is 0 Å². The minimum absolute atomic E-state index is 0.0785. The summed E-state index contributed by atoms with van der Waals surface area (Å²) < 4.78 is 27.8. The Bertz CT molecular complexity index is 1140. The summed E-state index contributed by atoms with van der Waals surface area (Å²) in [5.74, 6) is -0.404. The summed E-state index contributed by atoms with van der Waals surface area (Å²) in [5.41, 5.74) is 8.27. The molecule has 2 heterocycles.